The van der Waals surface area contributed by atoms with Gasteiger partial charge in [0.05, 0.1) is 23.8 Å². The highest BCUT2D eigenvalue weighted by Gasteiger charge is 2.45. The molecular weight excluding hydrogens is 507 g/mol. The molecule has 5 nitrogen and oxygen atoms in total. The van der Waals surface area contributed by atoms with E-state index in [1.54, 1.807) is 26.0 Å². The van der Waals surface area contributed by atoms with Gasteiger partial charge in [-0.2, -0.15) is 13.2 Å². The van der Waals surface area contributed by atoms with Crippen LogP contribution in [0, 0.1) is 19.8 Å². The van der Waals surface area contributed by atoms with Gasteiger partial charge < -0.3 is 15.2 Å². The maximum absolute atomic E-state index is 13.7. The average molecular weight is 538 g/mol. The molecule has 0 spiro atoms. The van der Waals surface area contributed by atoms with Crippen LogP contribution in [0.2, 0.25) is 0 Å². The summed E-state index contributed by atoms with van der Waals surface area (Å²) in [6.07, 6.45) is -1.13. The first-order chi connectivity index (χ1) is 18.5. The number of carbonyl (C=O) groups is 2. The van der Waals surface area contributed by atoms with Gasteiger partial charge in [-0.1, -0.05) is 30.3 Å². The summed E-state index contributed by atoms with van der Waals surface area (Å²) in [5.41, 5.74) is 3.21. The van der Waals surface area contributed by atoms with Crippen LogP contribution in [0.1, 0.15) is 74.8 Å². The number of alkyl halides is 3. The fourth-order valence-corrected chi connectivity index (χ4v) is 5.75. The highest BCUT2D eigenvalue weighted by atomic mass is 19.4. The standard InChI is InChI=1S/C31H30F3NO4/c1-17-12-22(39-16-21-8-5-7-19-6-3-4-9-23(19)21)13-18(2)28(17)29(36)35-27-14-20(24-15-25(24)30(37)38)10-11-26(27)31(32,33)34/h3-4,6,9-14,21,24-25H,5,7-8,15-16H2,1-2H3,(H,35,36)(H,37,38)/t21?,24-,25-/m1/s1. The van der Waals surface area contributed by atoms with Crippen molar-refractivity contribution in [3.8, 4) is 5.75 Å². The van der Waals surface area contributed by atoms with Gasteiger partial charge in [0.25, 0.3) is 5.91 Å². The second-order valence-electron chi connectivity index (χ2n) is 10.6. The third kappa shape index (κ3) is 5.65. The minimum atomic E-state index is -4.68. The Morgan fingerprint density at radius 3 is 2.44 bits per heavy atom. The number of benzene rings is 3. The van der Waals surface area contributed by atoms with Crippen molar-refractivity contribution < 1.29 is 32.6 Å². The van der Waals surface area contributed by atoms with E-state index in [0.29, 0.717) is 35.5 Å². The molecule has 5 rings (SSSR count). The van der Waals surface area contributed by atoms with Crippen LogP contribution >= 0.6 is 0 Å². The second kappa shape index (κ2) is 10.4. The molecule has 0 aromatic heterocycles. The number of carboxylic acid groups (broad SMARTS) is 1. The molecule has 3 aromatic rings. The smallest absolute Gasteiger partial charge is 0.418 e. The van der Waals surface area contributed by atoms with Gasteiger partial charge in [-0.15, -0.1) is 0 Å². The van der Waals surface area contributed by atoms with E-state index in [0.717, 1.165) is 25.3 Å². The zero-order valence-corrected chi connectivity index (χ0v) is 21.8. The Labute approximate surface area is 225 Å². The summed E-state index contributed by atoms with van der Waals surface area (Å²) in [5.74, 6) is -1.74. The first-order valence-electron chi connectivity index (χ1n) is 13.1. The minimum Gasteiger partial charge on any atom is -0.493 e. The molecule has 2 N–H and O–H groups in total. The third-order valence-electron chi connectivity index (χ3n) is 7.81. The molecule has 0 heterocycles. The van der Waals surface area contributed by atoms with Gasteiger partial charge in [0.15, 0.2) is 0 Å². The molecule has 3 aromatic carbocycles. The van der Waals surface area contributed by atoms with E-state index in [2.05, 4.69) is 17.4 Å². The number of hydrogen-bond donors (Lipinski definition) is 2. The lowest BCUT2D eigenvalue weighted by atomic mass is 9.83. The van der Waals surface area contributed by atoms with Crippen LogP contribution in [0.5, 0.6) is 5.75 Å². The van der Waals surface area contributed by atoms with Crippen molar-refractivity contribution in [1.29, 1.82) is 0 Å². The quantitative estimate of drug-likeness (QED) is 0.333. The molecule has 2 aliphatic rings. The number of aryl methyl sites for hydroxylation is 3. The van der Waals surface area contributed by atoms with Gasteiger partial charge in [0, 0.05) is 11.5 Å². The van der Waals surface area contributed by atoms with E-state index in [1.807, 2.05) is 12.1 Å². The molecule has 0 bridgehead atoms. The highest BCUT2D eigenvalue weighted by Crippen LogP contribution is 2.49. The van der Waals surface area contributed by atoms with Crippen molar-refractivity contribution in [1.82, 2.24) is 0 Å². The first-order valence-corrected chi connectivity index (χ1v) is 13.1. The first kappa shape index (κ1) is 26.8. The zero-order chi connectivity index (χ0) is 27.9. The Hall–Kier alpha value is -3.81. The molecule has 3 atom stereocenters. The van der Waals surface area contributed by atoms with Crippen LogP contribution in [0.4, 0.5) is 18.9 Å². The Bertz CT molecular complexity index is 1410. The lowest BCUT2D eigenvalue weighted by Gasteiger charge is -2.25. The molecule has 0 radical (unpaired) electrons. The molecule has 39 heavy (non-hydrogen) atoms. The Morgan fingerprint density at radius 2 is 1.77 bits per heavy atom. The predicted octanol–water partition coefficient (Wildman–Crippen LogP) is 7.26. The molecule has 1 unspecified atom stereocenters. The number of halogens is 3. The van der Waals surface area contributed by atoms with E-state index < -0.39 is 29.5 Å². The number of aliphatic carboxylic acids is 1. The molecule has 204 valence electrons. The normalized spacial score (nSPS) is 20.2. The van der Waals surface area contributed by atoms with Crippen molar-refractivity contribution in [2.75, 3.05) is 11.9 Å². The largest absolute Gasteiger partial charge is 0.493 e. The Morgan fingerprint density at radius 1 is 1.05 bits per heavy atom. The average Bonchev–Trinajstić information content (AvgIpc) is 3.68. The molecule has 1 fully saturated rings. The molecule has 1 saturated carbocycles. The van der Waals surface area contributed by atoms with Crippen molar-refractivity contribution >= 4 is 17.6 Å². The van der Waals surface area contributed by atoms with Gasteiger partial charge in [-0.05, 0) is 97.5 Å². The molecule has 0 saturated heterocycles. The fourth-order valence-electron chi connectivity index (χ4n) is 5.75. The summed E-state index contributed by atoms with van der Waals surface area (Å²) in [7, 11) is 0. The van der Waals surface area contributed by atoms with Gasteiger partial charge in [-0.25, -0.2) is 0 Å². The van der Waals surface area contributed by atoms with Crippen molar-refractivity contribution in [2.24, 2.45) is 5.92 Å². The molecule has 2 aliphatic carbocycles. The topological polar surface area (TPSA) is 75.6 Å². The fraction of sp³-hybridized carbons (Fsp3) is 0.355. The van der Waals surface area contributed by atoms with Crippen molar-refractivity contribution in [3.63, 3.8) is 0 Å². The van der Waals surface area contributed by atoms with E-state index in [-0.39, 0.29) is 23.1 Å². The summed E-state index contributed by atoms with van der Waals surface area (Å²) < 4.78 is 47.3. The van der Waals surface area contributed by atoms with Crippen LogP contribution in [0.25, 0.3) is 0 Å². The van der Waals surface area contributed by atoms with Gasteiger partial charge in [-0.3, -0.25) is 9.59 Å². The summed E-state index contributed by atoms with van der Waals surface area (Å²) in [5, 5.41) is 11.7. The van der Waals surface area contributed by atoms with E-state index in [1.165, 1.54) is 23.3 Å². The lowest BCUT2D eigenvalue weighted by Crippen LogP contribution is -2.19. The van der Waals surface area contributed by atoms with Gasteiger partial charge in [0.2, 0.25) is 0 Å². The maximum Gasteiger partial charge on any atom is 0.418 e. The van der Waals surface area contributed by atoms with Crippen molar-refractivity contribution in [3.05, 3.63) is 93.5 Å². The Balaban J connectivity index is 1.34. The molecule has 1 amide bonds. The SMILES string of the molecule is Cc1cc(OCC2CCCc3ccccc32)cc(C)c1C(=O)Nc1cc([C@H]2C[C@H]2C(=O)O)ccc1C(F)(F)F. The number of fused-ring (bicyclic) bond motifs is 1. The maximum atomic E-state index is 13.7. The van der Waals surface area contributed by atoms with Crippen LogP contribution < -0.4 is 10.1 Å². The van der Waals surface area contributed by atoms with Gasteiger partial charge >= 0.3 is 12.1 Å². The number of amides is 1. The summed E-state index contributed by atoms with van der Waals surface area (Å²) >= 11 is 0. The zero-order valence-electron chi connectivity index (χ0n) is 21.8. The van der Waals surface area contributed by atoms with E-state index in [4.69, 9.17) is 4.74 Å². The lowest BCUT2D eigenvalue weighted by molar-refractivity contribution is -0.139. The van der Waals surface area contributed by atoms with E-state index in [9.17, 15) is 27.9 Å². The number of anilines is 1. The minimum absolute atomic E-state index is 0.277. The third-order valence-corrected chi connectivity index (χ3v) is 7.81. The second-order valence-corrected chi connectivity index (χ2v) is 10.6. The predicted molar refractivity (Wildman–Crippen MR) is 141 cm³/mol. The molecule has 8 heteroatoms. The van der Waals surface area contributed by atoms with E-state index >= 15 is 0 Å². The number of ether oxygens (including phenoxy) is 1. The number of carbonyl (C=O) groups excluding carboxylic acids is 1. The molecule has 0 aliphatic heterocycles. The molecular formula is C31H30F3NO4. The number of carboxylic acids is 1. The Kier molecular flexibility index (Phi) is 7.14. The summed E-state index contributed by atoms with van der Waals surface area (Å²) in [6.45, 7) is 3.96. The van der Waals surface area contributed by atoms with Crippen LogP contribution in [-0.4, -0.2) is 23.6 Å². The van der Waals surface area contributed by atoms with Gasteiger partial charge in [0.1, 0.15) is 5.75 Å². The monoisotopic (exact) mass is 537 g/mol. The summed E-state index contributed by atoms with van der Waals surface area (Å²) in [4.78, 5) is 24.5. The highest BCUT2D eigenvalue weighted by molar-refractivity contribution is 6.07. The van der Waals surface area contributed by atoms with Crippen LogP contribution in [0.3, 0.4) is 0 Å². The number of rotatable bonds is 7. The number of nitrogens with one attached hydrogen (secondary N) is 1. The van der Waals surface area contributed by atoms with Crippen LogP contribution in [0.15, 0.2) is 54.6 Å². The van der Waals surface area contributed by atoms with Crippen molar-refractivity contribution in [2.45, 2.75) is 57.5 Å². The summed E-state index contributed by atoms with van der Waals surface area (Å²) in [6, 6.07) is 15.3. The van der Waals surface area contributed by atoms with Crippen LogP contribution in [-0.2, 0) is 17.4 Å². The number of hydrogen-bond acceptors (Lipinski definition) is 3.